The van der Waals surface area contributed by atoms with E-state index in [1.807, 2.05) is 62.4 Å². The van der Waals surface area contributed by atoms with E-state index in [4.69, 9.17) is 13.7 Å². The van der Waals surface area contributed by atoms with Crippen LogP contribution in [-0.4, -0.2) is 18.2 Å². The van der Waals surface area contributed by atoms with Crippen LogP contribution in [0.2, 0.25) is 0 Å². The number of ether oxygens (including phenoxy) is 1. The summed E-state index contributed by atoms with van der Waals surface area (Å²) in [5.41, 5.74) is 3.32. The highest BCUT2D eigenvalue weighted by atomic mass is 16.5. The number of carbonyl (C=O) groups is 1. The smallest absolute Gasteiger partial charge is 0.290 e. The molecule has 0 saturated heterocycles. The number of carbonyl (C=O) groups excluding carboxylic acids is 1. The number of benzene rings is 2. The number of para-hydroxylation sites is 1. The number of rotatable bonds is 5. The van der Waals surface area contributed by atoms with Crippen LogP contribution in [-0.2, 0) is 0 Å². The third kappa shape index (κ3) is 3.36. The van der Waals surface area contributed by atoms with Crippen molar-refractivity contribution in [2.45, 2.75) is 19.9 Å². The predicted molar refractivity (Wildman–Crippen MR) is 105 cm³/mol. The van der Waals surface area contributed by atoms with Gasteiger partial charge in [-0.2, -0.15) is 0 Å². The molecular formula is C22H20N2O4. The molecule has 2 aromatic heterocycles. The molecule has 142 valence electrons. The van der Waals surface area contributed by atoms with E-state index in [0.29, 0.717) is 22.8 Å². The van der Waals surface area contributed by atoms with E-state index in [1.54, 1.807) is 13.2 Å². The van der Waals surface area contributed by atoms with Gasteiger partial charge in [-0.05, 0) is 26.0 Å². The van der Waals surface area contributed by atoms with Gasteiger partial charge in [0.25, 0.3) is 5.91 Å². The van der Waals surface area contributed by atoms with Gasteiger partial charge in [0.05, 0.1) is 13.2 Å². The zero-order valence-corrected chi connectivity index (χ0v) is 15.9. The lowest BCUT2D eigenvalue weighted by molar-refractivity contribution is 0.0898. The summed E-state index contributed by atoms with van der Waals surface area (Å²) in [6, 6.07) is 16.7. The number of nitrogens with one attached hydrogen (secondary N) is 1. The summed E-state index contributed by atoms with van der Waals surface area (Å²) in [5, 5.41) is 7.79. The minimum atomic E-state index is -0.356. The molecule has 0 radical (unpaired) electrons. The fraction of sp³-hybridized carbons (Fsp3) is 0.182. The van der Waals surface area contributed by atoms with Crippen LogP contribution in [0.15, 0.2) is 63.5 Å². The number of amides is 1. The third-order valence-electron chi connectivity index (χ3n) is 4.60. The van der Waals surface area contributed by atoms with Gasteiger partial charge in [0.2, 0.25) is 5.76 Å². The second-order valence-electron chi connectivity index (χ2n) is 6.66. The number of methoxy groups -OCH3 is 1. The first-order valence-electron chi connectivity index (χ1n) is 8.96. The molecular weight excluding hydrogens is 356 g/mol. The van der Waals surface area contributed by atoms with E-state index >= 15 is 0 Å². The van der Waals surface area contributed by atoms with Crippen molar-refractivity contribution in [3.8, 4) is 17.0 Å². The third-order valence-corrected chi connectivity index (χ3v) is 4.60. The van der Waals surface area contributed by atoms with E-state index in [-0.39, 0.29) is 17.7 Å². The Hall–Kier alpha value is -3.54. The monoisotopic (exact) mass is 376 g/mol. The number of hydrogen-bond acceptors (Lipinski definition) is 5. The Labute approximate surface area is 162 Å². The molecule has 1 amide bonds. The Bertz CT molecular complexity index is 1130. The number of furan rings is 1. The normalized spacial score (nSPS) is 12.1. The Kier molecular flexibility index (Phi) is 4.61. The highest BCUT2D eigenvalue weighted by Gasteiger charge is 2.20. The summed E-state index contributed by atoms with van der Waals surface area (Å²) < 4.78 is 16.4. The van der Waals surface area contributed by atoms with E-state index in [1.165, 1.54) is 0 Å². The number of fused-ring (bicyclic) bond motifs is 1. The molecule has 6 heteroatoms. The molecule has 28 heavy (non-hydrogen) atoms. The lowest BCUT2D eigenvalue weighted by Crippen LogP contribution is -2.25. The largest absolute Gasteiger partial charge is 0.493 e. The fourth-order valence-electron chi connectivity index (χ4n) is 3.01. The standard InChI is InChI=1S/C22H20N2O4/c1-13-7-9-15(10-8-13)17-12-20(28-24-17)22(25)23-14(2)19-11-16-5-4-6-18(26-3)21(16)27-19/h4-12,14H,1-3H3,(H,23,25). The average Bonchev–Trinajstić information content (AvgIpc) is 3.35. The van der Waals surface area contributed by atoms with Gasteiger partial charge in [-0.25, -0.2) is 0 Å². The lowest BCUT2D eigenvalue weighted by atomic mass is 10.1. The van der Waals surface area contributed by atoms with Gasteiger partial charge in [0, 0.05) is 17.0 Å². The lowest BCUT2D eigenvalue weighted by Gasteiger charge is -2.09. The highest BCUT2D eigenvalue weighted by molar-refractivity contribution is 5.92. The molecule has 0 aliphatic carbocycles. The minimum absolute atomic E-state index is 0.149. The summed E-state index contributed by atoms with van der Waals surface area (Å²) >= 11 is 0. The van der Waals surface area contributed by atoms with Crippen LogP contribution in [0, 0.1) is 6.92 Å². The van der Waals surface area contributed by atoms with Crippen molar-refractivity contribution < 1.29 is 18.5 Å². The molecule has 0 aliphatic heterocycles. The van der Waals surface area contributed by atoms with Crippen LogP contribution in [0.25, 0.3) is 22.2 Å². The van der Waals surface area contributed by atoms with Crippen LogP contribution in [0.5, 0.6) is 5.75 Å². The Morgan fingerprint density at radius 2 is 1.93 bits per heavy atom. The maximum Gasteiger partial charge on any atom is 0.290 e. The Morgan fingerprint density at radius 1 is 1.14 bits per heavy atom. The zero-order valence-electron chi connectivity index (χ0n) is 15.9. The molecule has 0 spiro atoms. The van der Waals surface area contributed by atoms with Gasteiger partial charge in [-0.1, -0.05) is 47.1 Å². The topological polar surface area (TPSA) is 77.5 Å². The first-order valence-corrected chi connectivity index (χ1v) is 8.96. The van der Waals surface area contributed by atoms with E-state index < -0.39 is 0 Å². The van der Waals surface area contributed by atoms with Gasteiger partial charge >= 0.3 is 0 Å². The van der Waals surface area contributed by atoms with E-state index in [9.17, 15) is 4.79 Å². The molecule has 0 aliphatic rings. The van der Waals surface area contributed by atoms with Crippen molar-refractivity contribution in [1.29, 1.82) is 0 Å². The van der Waals surface area contributed by atoms with Crippen molar-refractivity contribution in [1.82, 2.24) is 10.5 Å². The predicted octanol–water partition coefficient (Wildman–Crippen LogP) is 4.90. The van der Waals surface area contributed by atoms with Crippen LogP contribution >= 0.6 is 0 Å². The van der Waals surface area contributed by atoms with Crippen molar-refractivity contribution in [3.63, 3.8) is 0 Å². The number of aryl methyl sites for hydroxylation is 1. The van der Waals surface area contributed by atoms with E-state index in [0.717, 1.165) is 16.5 Å². The molecule has 2 heterocycles. The molecule has 2 aromatic carbocycles. The Morgan fingerprint density at radius 3 is 2.68 bits per heavy atom. The van der Waals surface area contributed by atoms with Crippen LogP contribution in [0.1, 0.15) is 34.8 Å². The molecule has 0 bridgehead atoms. The quantitative estimate of drug-likeness (QED) is 0.536. The molecule has 4 aromatic rings. The molecule has 6 nitrogen and oxygen atoms in total. The summed E-state index contributed by atoms with van der Waals surface area (Å²) in [7, 11) is 1.59. The zero-order chi connectivity index (χ0) is 19.7. The van der Waals surface area contributed by atoms with Crippen LogP contribution < -0.4 is 10.1 Å². The van der Waals surface area contributed by atoms with Gasteiger partial charge in [-0.3, -0.25) is 4.79 Å². The van der Waals surface area contributed by atoms with Crippen molar-refractivity contribution in [2.24, 2.45) is 0 Å². The molecule has 1 N–H and O–H groups in total. The minimum Gasteiger partial charge on any atom is -0.493 e. The van der Waals surface area contributed by atoms with Crippen LogP contribution in [0.3, 0.4) is 0 Å². The summed E-state index contributed by atoms with van der Waals surface area (Å²) in [4.78, 5) is 12.6. The molecule has 4 rings (SSSR count). The SMILES string of the molecule is COc1cccc2cc(C(C)NC(=O)c3cc(-c4ccc(C)cc4)no3)oc12. The fourth-order valence-corrected chi connectivity index (χ4v) is 3.01. The van der Waals surface area contributed by atoms with Gasteiger partial charge in [0.1, 0.15) is 11.5 Å². The van der Waals surface area contributed by atoms with Gasteiger partial charge < -0.3 is 19.0 Å². The van der Waals surface area contributed by atoms with Gasteiger partial charge in [-0.15, -0.1) is 0 Å². The highest BCUT2D eigenvalue weighted by Crippen LogP contribution is 2.31. The maximum atomic E-state index is 12.6. The maximum absolute atomic E-state index is 12.6. The van der Waals surface area contributed by atoms with Crippen molar-refractivity contribution >= 4 is 16.9 Å². The summed E-state index contributed by atoms with van der Waals surface area (Å²) in [6.07, 6.45) is 0. The average molecular weight is 376 g/mol. The molecule has 0 saturated carbocycles. The Balaban J connectivity index is 1.51. The molecule has 1 atom stereocenters. The first-order chi connectivity index (χ1) is 13.5. The summed E-state index contributed by atoms with van der Waals surface area (Å²) in [5.74, 6) is 1.08. The first kappa shape index (κ1) is 17.9. The molecule has 0 fully saturated rings. The second-order valence-corrected chi connectivity index (χ2v) is 6.66. The number of aromatic nitrogens is 1. The van der Waals surface area contributed by atoms with E-state index in [2.05, 4.69) is 10.5 Å². The van der Waals surface area contributed by atoms with Crippen molar-refractivity contribution in [3.05, 3.63) is 71.7 Å². The molecule has 1 unspecified atom stereocenters. The van der Waals surface area contributed by atoms with Crippen LogP contribution in [0.4, 0.5) is 0 Å². The van der Waals surface area contributed by atoms with Crippen molar-refractivity contribution in [2.75, 3.05) is 7.11 Å². The second kappa shape index (κ2) is 7.23. The number of nitrogens with zero attached hydrogens (tertiary/aromatic N) is 1. The van der Waals surface area contributed by atoms with Gasteiger partial charge in [0.15, 0.2) is 11.3 Å². The summed E-state index contributed by atoms with van der Waals surface area (Å²) in [6.45, 7) is 3.86. The number of hydrogen-bond donors (Lipinski definition) is 1.